The monoisotopic (exact) mass is 278 g/mol. The quantitative estimate of drug-likeness (QED) is 0.907. The van der Waals surface area contributed by atoms with Crippen LogP contribution < -0.4 is 10.2 Å². The minimum Gasteiger partial charge on any atom is -0.370 e. The normalized spacial score (nSPS) is 26.4. The number of nitrogens with zero attached hydrogens (tertiary/aromatic N) is 1. The molecule has 104 valence electrons. The van der Waals surface area contributed by atoms with Crippen LogP contribution in [0.25, 0.3) is 0 Å². The third-order valence-corrected chi connectivity index (χ3v) is 5.57. The van der Waals surface area contributed by atoms with Gasteiger partial charge in [0, 0.05) is 53.7 Å². The molecule has 2 heterocycles. The molecule has 0 aliphatic carbocycles. The number of fused-ring (bicyclic) bond motifs is 1. The van der Waals surface area contributed by atoms with Gasteiger partial charge in [0.2, 0.25) is 0 Å². The van der Waals surface area contributed by atoms with Crippen molar-refractivity contribution in [3.63, 3.8) is 0 Å². The van der Waals surface area contributed by atoms with Crippen molar-refractivity contribution >= 4 is 16.5 Å². The van der Waals surface area contributed by atoms with E-state index in [2.05, 4.69) is 34.5 Å². The molecular formula is C15H22N2OS. The fraction of sp³-hybridized carbons (Fsp3) is 0.600. The van der Waals surface area contributed by atoms with Gasteiger partial charge in [-0.3, -0.25) is 4.21 Å². The molecule has 0 aromatic heterocycles. The smallest absolute Gasteiger partial charge is 0.0399 e. The summed E-state index contributed by atoms with van der Waals surface area (Å²) in [6, 6.07) is 9.30. The summed E-state index contributed by atoms with van der Waals surface area (Å²) in [6.45, 7) is 3.26. The first kappa shape index (κ1) is 13.1. The van der Waals surface area contributed by atoms with Crippen molar-refractivity contribution in [2.24, 2.45) is 0 Å². The third kappa shape index (κ3) is 3.18. The van der Waals surface area contributed by atoms with E-state index in [1.807, 2.05) is 0 Å². The van der Waals surface area contributed by atoms with Crippen molar-refractivity contribution in [1.29, 1.82) is 0 Å². The molecule has 0 bridgehead atoms. The van der Waals surface area contributed by atoms with Gasteiger partial charge in [-0.15, -0.1) is 0 Å². The first-order valence-electron chi connectivity index (χ1n) is 7.24. The Hall–Kier alpha value is -0.870. The highest BCUT2D eigenvalue weighted by Crippen LogP contribution is 2.26. The van der Waals surface area contributed by atoms with E-state index in [4.69, 9.17) is 0 Å². The number of hydrogen-bond donors (Lipinski definition) is 1. The molecule has 1 N–H and O–H groups in total. The van der Waals surface area contributed by atoms with Crippen LogP contribution in [0.15, 0.2) is 24.3 Å². The van der Waals surface area contributed by atoms with E-state index in [1.165, 1.54) is 17.7 Å². The Labute approximate surface area is 117 Å². The van der Waals surface area contributed by atoms with Crippen molar-refractivity contribution in [2.75, 3.05) is 36.0 Å². The summed E-state index contributed by atoms with van der Waals surface area (Å²) >= 11 is 0. The van der Waals surface area contributed by atoms with Gasteiger partial charge in [-0.1, -0.05) is 18.2 Å². The van der Waals surface area contributed by atoms with Gasteiger partial charge in [-0.25, -0.2) is 0 Å². The highest BCUT2D eigenvalue weighted by Gasteiger charge is 2.19. The summed E-state index contributed by atoms with van der Waals surface area (Å²) in [5.74, 6) is 1.76. The van der Waals surface area contributed by atoms with Crippen LogP contribution in [0.2, 0.25) is 0 Å². The van der Waals surface area contributed by atoms with Crippen LogP contribution in [0, 0.1) is 0 Å². The molecule has 1 aromatic rings. The zero-order valence-electron chi connectivity index (χ0n) is 11.3. The SMILES string of the molecule is O=S1CCC(NCCN2CCc3ccccc32)CC1. The molecular weight excluding hydrogens is 256 g/mol. The van der Waals surface area contributed by atoms with Crippen molar-refractivity contribution < 1.29 is 4.21 Å². The van der Waals surface area contributed by atoms with Crippen molar-refractivity contribution in [3.05, 3.63) is 29.8 Å². The predicted octanol–water partition coefficient (Wildman–Crippen LogP) is 1.55. The molecule has 0 atom stereocenters. The molecule has 1 fully saturated rings. The Kier molecular flexibility index (Phi) is 4.18. The lowest BCUT2D eigenvalue weighted by Crippen LogP contribution is -2.40. The molecule has 0 spiro atoms. The van der Waals surface area contributed by atoms with Crippen molar-refractivity contribution in [2.45, 2.75) is 25.3 Å². The largest absolute Gasteiger partial charge is 0.370 e. The maximum absolute atomic E-state index is 11.3. The van der Waals surface area contributed by atoms with Gasteiger partial charge in [0.15, 0.2) is 0 Å². The number of anilines is 1. The molecule has 0 unspecified atom stereocenters. The predicted molar refractivity (Wildman–Crippen MR) is 81.3 cm³/mol. The summed E-state index contributed by atoms with van der Waals surface area (Å²) in [5.41, 5.74) is 2.89. The second-order valence-corrected chi connectivity index (χ2v) is 7.14. The summed E-state index contributed by atoms with van der Waals surface area (Å²) in [4.78, 5) is 2.48. The lowest BCUT2D eigenvalue weighted by Gasteiger charge is -2.25. The lowest BCUT2D eigenvalue weighted by atomic mass is 10.1. The number of para-hydroxylation sites is 1. The Morgan fingerprint density at radius 3 is 2.89 bits per heavy atom. The van der Waals surface area contributed by atoms with Crippen LogP contribution in [0.3, 0.4) is 0 Å². The minimum absolute atomic E-state index is 0.549. The molecule has 2 aliphatic heterocycles. The highest BCUT2D eigenvalue weighted by molar-refractivity contribution is 7.85. The van der Waals surface area contributed by atoms with Crippen LogP contribution in [0.5, 0.6) is 0 Å². The van der Waals surface area contributed by atoms with E-state index in [1.54, 1.807) is 0 Å². The average Bonchev–Trinajstić information content (AvgIpc) is 2.85. The van der Waals surface area contributed by atoms with Gasteiger partial charge in [-0.2, -0.15) is 0 Å². The Morgan fingerprint density at radius 2 is 2.05 bits per heavy atom. The van der Waals surface area contributed by atoms with E-state index >= 15 is 0 Å². The summed E-state index contributed by atoms with van der Waals surface area (Å²) in [7, 11) is -0.549. The second kappa shape index (κ2) is 6.06. The van der Waals surface area contributed by atoms with E-state index < -0.39 is 10.8 Å². The summed E-state index contributed by atoms with van der Waals surface area (Å²) in [5, 5.41) is 3.62. The van der Waals surface area contributed by atoms with E-state index in [0.717, 1.165) is 44.0 Å². The Balaban J connectivity index is 1.45. The summed E-state index contributed by atoms with van der Waals surface area (Å²) < 4.78 is 11.3. The van der Waals surface area contributed by atoms with Crippen LogP contribution >= 0.6 is 0 Å². The van der Waals surface area contributed by atoms with Crippen LogP contribution in [0.1, 0.15) is 18.4 Å². The molecule has 2 aliphatic rings. The molecule has 1 aromatic carbocycles. The molecule has 0 saturated carbocycles. The third-order valence-electron chi connectivity index (χ3n) is 4.19. The molecule has 19 heavy (non-hydrogen) atoms. The van der Waals surface area contributed by atoms with Gasteiger partial charge < -0.3 is 10.2 Å². The first-order valence-corrected chi connectivity index (χ1v) is 8.73. The van der Waals surface area contributed by atoms with Crippen molar-refractivity contribution in [3.8, 4) is 0 Å². The average molecular weight is 278 g/mol. The fourth-order valence-electron chi connectivity index (χ4n) is 3.04. The molecule has 0 amide bonds. The van der Waals surface area contributed by atoms with Gasteiger partial charge in [-0.05, 0) is 30.9 Å². The van der Waals surface area contributed by atoms with Gasteiger partial charge in [0.05, 0.1) is 0 Å². The van der Waals surface area contributed by atoms with Gasteiger partial charge in [0.1, 0.15) is 0 Å². The molecule has 0 radical (unpaired) electrons. The fourth-order valence-corrected chi connectivity index (χ4v) is 4.34. The standard InChI is InChI=1S/C15H22N2OS/c18-19-11-6-14(7-12-19)16-8-10-17-9-5-13-3-1-2-4-15(13)17/h1-4,14,16H,5-12H2. The number of rotatable bonds is 4. The topological polar surface area (TPSA) is 32.3 Å². The van der Waals surface area contributed by atoms with E-state index in [0.29, 0.717) is 6.04 Å². The van der Waals surface area contributed by atoms with Gasteiger partial charge in [0.25, 0.3) is 0 Å². The minimum atomic E-state index is -0.549. The van der Waals surface area contributed by atoms with Gasteiger partial charge >= 0.3 is 0 Å². The number of benzene rings is 1. The zero-order chi connectivity index (χ0) is 13.1. The maximum Gasteiger partial charge on any atom is 0.0399 e. The summed E-state index contributed by atoms with van der Waals surface area (Å²) in [6.07, 6.45) is 3.32. The number of nitrogens with one attached hydrogen (secondary N) is 1. The van der Waals surface area contributed by atoms with Crippen LogP contribution in [-0.4, -0.2) is 41.4 Å². The maximum atomic E-state index is 11.3. The van der Waals surface area contributed by atoms with Crippen molar-refractivity contribution in [1.82, 2.24) is 5.32 Å². The molecule has 3 rings (SSSR count). The van der Waals surface area contributed by atoms with E-state index in [9.17, 15) is 4.21 Å². The number of hydrogen-bond acceptors (Lipinski definition) is 3. The highest BCUT2D eigenvalue weighted by atomic mass is 32.2. The lowest BCUT2D eigenvalue weighted by molar-refractivity contribution is 0.478. The van der Waals surface area contributed by atoms with Crippen LogP contribution in [0.4, 0.5) is 5.69 Å². The molecule has 4 heteroatoms. The first-order chi connectivity index (χ1) is 9.33. The Bertz CT molecular complexity index is 453. The molecule has 3 nitrogen and oxygen atoms in total. The van der Waals surface area contributed by atoms with Crippen LogP contribution in [-0.2, 0) is 17.2 Å². The molecule has 1 saturated heterocycles. The second-order valence-electron chi connectivity index (χ2n) is 5.44. The zero-order valence-corrected chi connectivity index (χ0v) is 12.1. The van der Waals surface area contributed by atoms with E-state index in [-0.39, 0.29) is 0 Å². The Morgan fingerprint density at radius 1 is 1.26 bits per heavy atom.